The van der Waals surface area contributed by atoms with Gasteiger partial charge in [0.25, 0.3) is 5.91 Å². The second-order valence-electron chi connectivity index (χ2n) is 7.52. The summed E-state index contributed by atoms with van der Waals surface area (Å²) < 4.78 is 5.43. The maximum atomic E-state index is 13.2. The van der Waals surface area contributed by atoms with Crippen molar-refractivity contribution in [2.75, 3.05) is 10.2 Å². The highest BCUT2D eigenvalue weighted by atomic mass is 16.5. The molecule has 0 bridgehead atoms. The number of hydrogen-bond donors (Lipinski definition) is 2. The molecule has 7 nitrogen and oxygen atoms in total. The molecule has 148 valence electrons. The number of H-pyrrole nitrogens is 1. The Morgan fingerprint density at radius 1 is 1.07 bits per heavy atom. The molecule has 1 atom stereocenters. The zero-order valence-corrected chi connectivity index (χ0v) is 16.4. The largest absolute Gasteiger partial charge is 0.448 e. The van der Waals surface area contributed by atoms with Crippen LogP contribution in [0, 0.1) is 0 Å². The van der Waals surface area contributed by atoms with Crippen molar-refractivity contribution in [1.82, 2.24) is 4.98 Å². The van der Waals surface area contributed by atoms with E-state index in [9.17, 15) is 14.4 Å². The SMILES string of the molecule is C[C@H](OC(=O)c1cc2ccccc2[nH]1)C(=O)N1c2ccccc2NC(=O)C1(C)C. The monoisotopic (exact) mass is 391 g/mol. The van der Waals surface area contributed by atoms with Gasteiger partial charge in [-0.3, -0.25) is 14.5 Å². The first-order chi connectivity index (χ1) is 13.8. The normalized spacial score (nSPS) is 16.1. The van der Waals surface area contributed by atoms with E-state index >= 15 is 0 Å². The lowest BCUT2D eigenvalue weighted by molar-refractivity contribution is -0.131. The third kappa shape index (κ3) is 3.14. The van der Waals surface area contributed by atoms with E-state index in [-0.39, 0.29) is 11.6 Å². The number of aromatic nitrogens is 1. The third-order valence-corrected chi connectivity index (χ3v) is 5.11. The number of benzene rings is 2. The van der Waals surface area contributed by atoms with Gasteiger partial charge in [0, 0.05) is 10.9 Å². The highest BCUT2D eigenvalue weighted by molar-refractivity contribution is 6.15. The number of anilines is 2. The molecule has 0 radical (unpaired) electrons. The van der Waals surface area contributed by atoms with Crippen LogP contribution in [0.4, 0.5) is 11.4 Å². The summed E-state index contributed by atoms with van der Waals surface area (Å²) in [4.78, 5) is 42.7. The summed E-state index contributed by atoms with van der Waals surface area (Å²) in [5, 5.41) is 3.69. The zero-order valence-electron chi connectivity index (χ0n) is 16.4. The molecule has 4 rings (SSSR count). The van der Waals surface area contributed by atoms with Crippen molar-refractivity contribution in [3.63, 3.8) is 0 Å². The maximum absolute atomic E-state index is 13.2. The van der Waals surface area contributed by atoms with Crippen molar-refractivity contribution in [2.24, 2.45) is 0 Å². The molecule has 0 saturated carbocycles. The maximum Gasteiger partial charge on any atom is 0.355 e. The minimum Gasteiger partial charge on any atom is -0.448 e. The smallest absolute Gasteiger partial charge is 0.355 e. The van der Waals surface area contributed by atoms with E-state index in [4.69, 9.17) is 4.74 Å². The second kappa shape index (κ2) is 6.77. The number of carbonyl (C=O) groups is 3. The van der Waals surface area contributed by atoms with Crippen molar-refractivity contribution in [3.05, 3.63) is 60.3 Å². The first-order valence-electron chi connectivity index (χ1n) is 9.32. The summed E-state index contributed by atoms with van der Waals surface area (Å²) in [6.45, 7) is 4.82. The Kier molecular flexibility index (Phi) is 4.38. The van der Waals surface area contributed by atoms with Crippen LogP contribution in [0.15, 0.2) is 54.6 Å². The minimum atomic E-state index is -1.13. The second-order valence-corrected chi connectivity index (χ2v) is 7.52. The van der Waals surface area contributed by atoms with Crippen LogP contribution in [0.1, 0.15) is 31.3 Å². The van der Waals surface area contributed by atoms with Gasteiger partial charge in [0.15, 0.2) is 6.10 Å². The van der Waals surface area contributed by atoms with Gasteiger partial charge in [-0.05, 0) is 45.0 Å². The Balaban J connectivity index is 1.60. The van der Waals surface area contributed by atoms with Gasteiger partial charge in [0.2, 0.25) is 5.91 Å². The topological polar surface area (TPSA) is 91.5 Å². The number of nitrogens with one attached hydrogen (secondary N) is 2. The van der Waals surface area contributed by atoms with Crippen molar-refractivity contribution in [2.45, 2.75) is 32.4 Å². The number of para-hydroxylation sites is 3. The molecule has 1 aliphatic rings. The number of aromatic amines is 1. The van der Waals surface area contributed by atoms with E-state index in [0.29, 0.717) is 11.4 Å². The number of nitrogens with zero attached hydrogens (tertiary/aromatic N) is 1. The highest BCUT2D eigenvalue weighted by Crippen LogP contribution is 2.37. The van der Waals surface area contributed by atoms with Gasteiger partial charge in [-0.2, -0.15) is 0 Å². The number of hydrogen-bond acceptors (Lipinski definition) is 4. The van der Waals surface area contributed by atoms with Gasteiger partial charge in [-0.15, -0.1) is 0 Å². The van der Waals surface area contributed by atoms with Crippen LogP contribution in [-0.2, 0) is 14.3 Å². The highest BCUT2D eigenvalue weighted by Gasteiger charge is 2.45. The fraction of sp³-hybridized carbons (Fsp3) is 0.227. The Labute approximate surface area is 167 Å². The fourth-order valence-corrected chi connectivity index (χ4v) is 3.49. The molecule has 0 unspecified atom stereocenters. The molecule has 2 heterocycles. The summed E-state index contributed by atoms with van der Waals surface area (Å²) in [5.41, 5.74) is 1.05. The van der Waals surface area contributed by atoms with E-state index in [1.807, 2.05) is 24.3 Å². The Morgan fingerprint density at radius 2 is 1.76 bits per heavy atom. The average Bonchev–Trinajstić information content (AvgIpc) is 3.13. The average molecular weight is 391 g/mol. The first kappa shape index (κ1) is 18.7. The van der Waals surface area contributed by atoms with Gasteiger partial charge >= 0.3 is 5.97 Å². The lowest BCUT2D eigenvalue weighted by Gasteiger charge is -2.42. The van der Waals surface area contributed by atoms with E-state index in [1.54, 1.807) is 44.2 Å². The van der Waals surface area contributed by atoms with Crippen molar-refractivity contribution >= 4 is 40.1 Å². The van der Waals surface area contributed by atoms with Gasteiger partial charge in [-0.1, -0.05) is 30.3 Å². The molecule has 2 N–H and O–H groups in total. The fourth-order valence-electron chi connectivity index (χ4n) is 3.49. The number of amides is 2. The predicted octanol–water partition coefficient (Wildman–Crippen LogP) is 3.48. The van der Waals surface area contributed by atoms with Crippen molar-refractivity contribution in [3.8, 4) is 0 Å². The van der Waals surface area contributed by atoms with Gasteiger partial charge in [0.1, 0.15) is 11.2 Å². The molecule has 0 spiro atoms. The third-order valence-electron chi connectivity index (χ3n) is 5.11. The summed E-state index contributed by atoms with van der Waals surface area (Å²) in [7, 11) is 0. The number of carbonyl (C=O) groups excluding carboxylic acids is 3. The molecule has 0 aliphatic carbocycles. The van der Waals surface area contributed by atoms with Crippen molar-refractivity contribution in [1.29, 1.82) is 0 Å². The van der Waals surface area contributed by atoms with Crippen molar-refractivity contribution < 1.29 is 19.1 Å². The quantitative estimate of drug-likeness (QED) is 0.669. The van der Waals surface area contributed by atoms with Crippen LogP contribution in [0.5, 0.6) is 0 Å². The van der Waals surface area contributed by atoms with E-state index in [0.717, 1.165) is 10.9 Å². The van der Waals surface area contributed by atoms with Gasteiger partial charge < -0.3 is 15.0 Å². The number of esters is 1. The number of fused-ring (bicyclic) bond motifs is 2. The summed E-state index contributed by atoms with van der Waals surface area (Å²) in [6, 6.07) is 16.2. The summed E-state index contributed by atoms with van der Waals surface area (Å²) >= 11 is 0. The minimum absolute atomic E-state index is 0.266. The molecular formula is C22H21N3O4. The molecule has 0 fully saturated rings. The zero-order chi connectivity index (χ0) is 20.8. The molecule has 2 aromatic carbocycles. The Hall–Kier alpha value is -3.61. The van der Waals surface area contributed by atoms with Gasteiger partial charge in [-0.25, -0.2) is 4.79 Å². The van der Waals surface area contributed by atoms with Crippen LogP contribution in [0.3, 0.4) is 0 Å². The van der Waals surface area contributed by atoms with E-state index in [2.05, 4.69) is 10.3 Å². The Bertz CT molecular complexity index is 1100. The summed E-state index contributed by atoms with van der Waals surface area (Å²) in [5.74, 6) is -1.41. The first-order valence-corrected chi connectivity index (χ1v) is 9.32. The lowest BCUT2D eigenvalue weighted by Crippen LogP contribution is -2.60. The predicted molar refractivity (Wildman–Crippen MR) is 110 cm³/mol. The molecule has 1 aliphatic heterocycles. The Morgan fingerprint density at radius 3 is 2.52 bits per heavy atom. The number of rotatable bonds is 3. The molecule has 0 saturated heterocycles. The number of ether oxygens (including phenoxy) is 1. The summed E-state index contributed by atoms with van der Waals surface area (Å²) in [6.07, 6.45) is -1.08. The van der Waals surface area contributed by atoms with Crippen LogP contribution < -0.4 is 10.2 Å². The van der Waals surface area contributed by atoms with Crippen LogP contribution >= 0.6 is 0 Å². The van der Waals surface area contributed by atoms with Crippen LogP contribution in [0.2, 0.25) is 0 Å². The molecule has 1 aromatic heterocycles. The standard InChI is InChI=1S/C22H21N3O4/c1-13(29-20(27)17-12-14-8-4-5-9-15(14)23-17)19(26)25-18-11-7-6-10-16(18)24-21(28)22(25,2)3/h4-13,23H,1-3H3,(H,24,28)/t13-/m0/s1. The van der Waals surface area contributed by atoms with Gasteiger partial charge in [0.05, 0.1) is 11.4 Å². The molecular weight excluding hydrogens is 370 g/mol. The molecule has 7 heteroatoms. The van der Waals surface area contributed by atoms with E-state index in [1.165, 1.54) is 11.8 Å². The van der Waals surface area contributed by atoms with Crippen LogP contribution in [-0.4, -0.2) is 34.4 Å². The van der Waals surface area contributed by atoms with Crippen LogP contribution in [0.25, 0.3) is 10.9 Å². The lowest BCUT2D eigenvalue weighted by atomic mass is 9.95. The molecule has 29 heavy (non-hydrogen) atoms. The molecule has 3 aromatic rings. The molecule has 2 amide bonds. The van der Waals surface area contributed by atoms with E-state index < -0.39 is 23.5 Å².